The number of rotatable bonds is 2. The fraction of sp³-hybridized carbons (Fsp3) is 0.312. The second kappa shape index (κ2) is 7.11. The first-order chi connectivity index (χ1) is 10.7. The summed E-state index contributed by atoms with van der Waals surface area (Å²) in [5.41, 5.74) is 0.647. The molecule has 1 aromatic carbocycles. The summed E-state index contributed by atoms with van der Waals surface area (Å²) in [6.07, 6.45) is 2.58. The first-order valence-corrected chi connectivity index (χ1v) is 8.62. The molecule has 116 valence electrons. The lowest BCUT2D eigenvalue weighted by Crippen LogP contribution is -2.36. The number of urea groups is 1. The van der Waals surface area contributed by atoms with Gasteiger partial charge in [0, 0.05) is 18.8 Å². The lowest BCUT2D eigenvalue weighted by molar-refractivity contribution is 0.214. The van der Waals surface area contributed by atoms with Crippen LogP contribution in [0.1, 0.15) is 17.4 Å². The van der Waals surface area contributed by atoms with Gasteiger partial charge in [-0.25, -0.2) is 4.79 Å². The molecule has 3 rings (SSSR count). The smallest absolute Gasteiger partial charge is 0.321 e. The molecule has 0 saturated carbocycles. The summed E-state index contributed by atoms with van der Waals surface area (Å²) in [6, 6.07) is 11.1. The van der Waals surface area contributed by atoms with Gasteiger partial charge in [0.2, 0.25) is 0 Å². The zero-order valence-corrected chi connectivity index (χ0v) is 13.6. The van der Waals surface area contributed by atoms with Gasteiger partial charge in [-0.05, 0) is 30.7 Å². The molecule has 1 atom stereocenters. The van der Waals surface area contributed by atoms with Gasteiger partial charge in [-0.2, -0.15) is 0 Å². The minimum Gasteiger partial charge on any atom is -0.468 e. The highest BCUT2D eigenvalue weighted by molar-refractivity contribution is 7.99. The maximum absolute atomic E-state index is 12.4. The van der Waals surface area contributed by atoms with E-state index in [0.717, 1.165) is 24.5 Å². The summed E-state index contributed by atoms with van der Waals surface area (Å²) in [7, 11) is 0. The van der Waals surface area contributed by atoms with E-state index >= 15 is 0 Å². The van der Waals surface area contributed by atoms with Crippen LogP contribution < -0.4 is 5.32 Å². The van der Waals surface area contributed by atoms with E-state index in [1.165, 1.54) is 0 Å². The Labute approximate surface area is 138 Å². The van der Waals surface area contributed by atoms with Gasteiger partial charge in [-0.3, -0.25) is 0 Å². The summed E-state index contributed by atoms with van der Waals surface area (Å²) in [6.45, 7) is 1.42. The molecule has 1 saturated heterocycles. The zero-order chi connectivity index (χ0) is 15.4. The van der Waals surface area contributed by atoms with Crippen molar-refractivity contribution in [3.05, 3.63) is 53.4 Å². The summed E-state index contributed by atoms with van der Waals surface area (Å²) < 4.78 is 5.48. The molecule has 0 aliphatic carbocycles. The van der Waals surface area contributed by atoms with E-state index in [4.69, 9.17) is 16.0 Å². The van der Waals surface area contributed by atoms with E-state index in [1.54, 1.807) is 18.4 Å². The zero-order valence-electron chi connectivity index (χ0n) is 12.0. The van der Waals surface area contributed by atoms with E-state index in [9.17, 15) is 4.79 Å². The Bertz CT molecular complexity index is 633. The monoisotopic (exact) mass is 336 g/mol. The number of furan rings is 1. The number of nitrogens with one attached hydrogen (secondary N) is 1. The van der Waals surface area contributed by atoms with Crippen molar-refractivity contribution in [3.63, 3.8) is 0 Å². The van der Waals surface area contributed by atoms with Crippen LogP contribution in [0.4, 0.5) is 10.5 Å². The third kappa shape index (κ3) is 3.59. The molecule has 2 aromatic rings. The van der Waals surface area contributed by atoms with Crippen molar-refractivity contribution in [1.82, 2.24) is 4.90 Å². The van der Waals surface area contributed by atoms with Gasteiger partial charge < -0.3 is 14.6 Å². The molecule has 2 heterocycles. The molecular formula is C16H17ClN2O2S. The normalized spacial score (nSPS) is 18.8. The average Bonchev–Trinajstić information content (AvgIpc) is 2.94. The van der Waals surface area contributed by atoms with Crippen LogP contribution in [0, 0.1) is 0 Å². The minimum absolute atomic E-state index is 0.103. The van der Waals surface area contributed by atoms with Crippen molar-refractivity contribution in [2.45, 2.75) is 11.7 Å². The number of hydrogen-bond acceptors (Lipinski definition) is 3. The van der Waals surface area contributed by atoms with Crippen LogP contribution in [-0.2, 0) is 0 Å². The largest absolute Gasteiger partial charge is 0.468 e. The van der Waals surface area contributed by atoms with Gasteiger partial charge in [0.1, 0.15) is 5.76 Å². The maximum Gasteiger partial charge on any atom is 0.321 e. The highest BCUT2D eigenvalue weighted by atomic mass is 35.5. The van der Waals surface area contributed by atoms with Gasteiger partial charge >= 0.3 is 6.03 Å². The Morgan fingerprint density at radius 3 is 2.91 bits per heavy atom. The first-order valence-electron chi connectivity index (χ1n) is 7.19. The fourth-order valence-electron chi connectivity index (χ4n) is 2.43. The van der Waals surface area contributed by atoms with Gasteiger partial charge in [0.05, 0.1) is 22.2 Å². The number of hydrogen-bond donors (Lipinski definition) is 1. The van der Waals surface area contributed by atoms with E-state index < -0.39 is 0 Å². The maximum atomic E-state index is 12.4. The Morgan fingerprint density at radius 1 is 1.27 bits per heavy atom. The van der Waals surface area contributed by atoms with Crippen LogP contribution in [0.15, 0.2) is 47.1 Å². The summed E-state index contributed by atoms with van der Waals surface area (Å²) in [5, 5.41) is 3.74. The molecule has 1 aliphatic rings. The van der Waals surface area contributed by atoms with Crippen molar-refractivity contribution in [2.75, 3.05) is 24.2 Å². The van der Waals surface area contributed by atoms with E-state index in [-0.39, 0.29) is 6.03 Å². The highest BCUT2D eigenvalue weighted by Crippen LogP contribution is 2.34. The fourth-order valence-corrected chi connectivity index (χ4v) is 3.80. The van der Waals surface area contributed by atoms with Crippen molar-refractivity contribution in [1.29, 1.82) is 0 Å². The van der Waals surface area contributed by atoms with Crippen molar-refractivity contribution in [2.24, 2.45) is 0 Å². The van der Waals surface area contributed by atoms with Crippen LogP contribution in [0.3, 0.4) is 0 Å². The number of carbonyl (C=O) groups is 1. The third-order valence-corrected chi connectivity index (χ3v) is 5.22. The number of anilines is 1. The number of carbonyl (C=O) groups excluding carboxylic acids is 1. The van der Waals surface area contributed by atoms with Crippen molar-refractivity contribution in [3.8, 4) is 0 Å². The SMILES string of the molecule is O=C(Nc1ccccc1Cl)N1CCS[C@H](c2ccco2)CC1. The topological polar surface area (TPSA) is 45.5 Å². The van der Waals surface area contributed by atoms with Crippen LogP contribution in [0.25, 0.3) is 0 Å². The number of amides is 2. The predicted octanol–water partition coefficient (Wildman–Crippen LogP) is 4.65. The van der Waals surface area contributed by atoms with Gasteiger partial charge in [-0.15, -0.1) is 11.8 Å². The molecule has 1 fully saturated rings. The first kappa shape index (κ1) is 15.3. The number of halogens is 1. The van der Waals surface area contributed by atoms with Crippen molar-refractivity contribution >= 4 is 35.1 Å². The lowest BCUT2D eigenvalue weighted by atomic mass is 10.2. The van der Waals surface area contributed by atoms with E-state index in [2.05, 4.69) is 5.32 Å². The summed E-state index contributed by atoms with van der Waals surface area (Å²) in [4.78, 5) is 14.2. The van der Waals surface area contributed by atoms with Crippen LogP contribution in [-0.4, -0.2) is 29.8 Å². The number of thioether (sulfide) groups is 1. The van der Waals surface area contributed by atoms with Crippen LogP contribution in [0.2, 0.25) is 5.02 Å². The molecule has 4 nitrogen and oxygen atoms in total. The minimum atomic E-state index is -0.103. The molecule has 22 heavy (non-hydrogen) atoms. The van der Waals surface area contributed by atoms with Crippen LogP contribution in [0.5, 0.6) is 0 Å². The quantitative estimate of drug-likeness (QED) is 0.868. The number of benzene rings is 1. The highest BCUT2D eigenvalue weighted by Gasteiger charge is 2.23. The Balaban J connectivity index is 1.61. The molecule has 6 heteroatoms. The molecule has 0 spiro atoms. The molecule has 1 N–H and O–H groups in total. The molecule has 1 aliphatic heterocycles. The Morgan fingerprint density at radius 2 is 2.14 bits per heavy atom. The summed E-state index contributed by atoms with van der Waals surface area (Å²) >= 11 is 7.91. The molecule has 2 amide bonds. The molecule has 0 bridgehead atoms. The molecular weight excluding hydrogens is 320 g/mol. The second-order valence-electron chi connectivity index (χ2n) is 5.06. The van der Waals surface area contributed by atoms with Gasteiger partial charge in [0.15, 0.2) is 0 Å². The Kier molecular flexibility index (Phi) is 4.95. The van der Waals surface area contributed by atoms with E-state index in [1.807, 2.05) is 40.9 Å². The van der Waals surface area contributed by atoms with Gasteiger partial charge in [0.25, 0.3) is 0 Å². The lowest BCUT2D eigenvalue weighted by Gasteiger charge is -2.21. The molecule has 0 unspecified atom stereocenters. The van der Waals surface area contributed by atoms with E-state index in [0.29, 0.717) is 22.5 Å². The number of nitrogens with zero attached hydrogens (tertiary/aromatic N) is 1. The standard InChI is InChI=1S/C16H17ClN2O2S/c17-12-4-1-2-5-13(12)18-16(20)19-8-7-15(22-11-9-19)14-6-3-10-21-14/h1-6,10,15H,7-9,11H2,(H,18,20)/t15-/m0/s1. The average molecular weight is 337 g/mol. The molecule has 0 radical (unpaired) electrons. The molecule has 1 aromatic heterocycles. The van der Waals surface area contributed by atoms with Gasteiger partial charge in [-0.1, -0.05) is 23.7 Å². The second-order valence-corrected chi connectivity index (χ2v) is 6.78. The Hall–Kier alpha value is -1.59. The predicted molar refractivity (Wildman–Crippen MR) is 90.6 cm³/mol. The number of para-hydroxylation sites is 1. The third-order valence-electron chi connectivity index (χ3n) is 3.60. The summed E-state index contributed by atoms with van der Waals surface area (Å²) in [5.74, 6) is 1.87. The van der Waals surface area contributed by atoms with Crippen molar-refractivity contribution < 1.29 is 9.21 Å². The van der Waals surface area contributed by atoms with Crippen LogP contribution >= 0.6 is 23.4 Å².